The van der Waals surface area contributed by atoms with Crippen molar-refractivity contribution in [1.29, 1.82) is 0 Å². The number of halogens is 1. The molecule has 0 amide bonds. The molecule has 0 fully saturated rings. The van der Waals surface area contributed by atoms with Crippen molar-refractivity contribution in [2.75, 3.05) is 6.54 Å². The maximum absolute atomic E-state index is 13.7. The molecule has 0 aliphatic rings. The van der Waals surface area contributed by atoms with Crippen LogP contribution in [0.25, 0.3) is 10.9 Å². The summed E-state index contributed by atoms with van der Waals surface area (Å²) in [6.45, 7) is 4.22. The van der Waals surface area contributed by atoms with E-state index in [1.807, 2.05) is 26.0 Å². The Labute approximate surface area is 210 Å². The largest absolute Gasteiger partial charge is 0.379 e. The second kappa shape index (κ2) is 10.3. The Balaban J connectivity index is 1.58. The van der Waals surface area contributed by atoms with E-state index in [-0.39, 0.29) is 34.5 Å². The molecule has 7 nitrogen and oxygen atoms in total. The third kappa shape index (κ3) is 5.72. The summed E-state index contributed by atoms with van der Waals surface area (Å²) < 4.78 is 71.9. The second-order valence-electron chi connectivity index (χ2n) is 8.66. The van der Waals surface area contributed by atoms with E-state index in [9.17, 15) is 21.2 Å². The summed E-state index contributed by atoms with van der Waals surface area (Å²) in [5.74, 6) is -0.441. The van der Waals surface area contributed by atoms with Crippen molar-refractivity contribution in [2.45, 2.75) is 30.2 Å². The number of pyridine rings is 1. The molecule has 0 saturated carbocycles. The Morgan fingerprint density at radius 3 is 2.22 bits per heavy atom. The molecule has 0 bridgehead atoms. The number of hydrogen-bond donors (Lipinski definition) is 0. The lowest BCUT2D eigenvalue weighted by molar-refractivity contribution is 0.362. The van der Waals surface area contributed by atoms with Crippen LogP contribution >= 0.6 is 0 Å². The fraction of sp³-hybridized carbons (Fsp3) is 0.192. The van der Waals surface area contributed by atoms with Crippen molar-refractivity contribution in [3.63, 3.8) is 0 Å². The monoisotopic (exact) mass is 528 g/mol. The number of aromatic nitrogens is 1. The van der Waals surface area contributed by atoms with Gasteiger partial charge in [0.25, 0.3) is 0 Å². The summed E-state index contributed by atoms with van der Waals surface area (Å²) in [4.78, 5) is 4.25. The molecular formula is C26H25FN2O5S2. The van der Waals surface area contributed by atoms with Crippen LogP contribution in [0.5, 0.6) is 5.75 Å². The summed E-state index contributed by atoms with van der Waals surface area (Å²) in [6.07, 6.45) is 1.56. The molecule has 0 aliphatic heterocycles. The van der Waals surface area contributed by atoms with E-state index in [0.29, 0.717) is 11.1 Å². The Bertz CT molecular complexity index is 1570. The first-order valence-electron chi connectivity index (χ1n) is 11.2. The molecule has 1 heterocycles. The number of nitrogens with zero attached hydrogens (tertiary/aromatic N) is 2. The predicted octanol–water partition coefficient (Wildman–Crippen LogP) is 4.99. The van der Waals surface area contributed by atoms with Gasteiger partial charge in [-0.2, -0.15) is 12.7 Å². The molecule has 0 atom stereocenters. The zero-order chi connectivity index (χ0) is 25.9. The van der Waals surface area contributed by atoms with E-state index in [1.165, 1.54) is 16.4 Å². The highest BCUT2D eigenvalue weighted by molar-refractivity contribution is 7.89. The molecule has 3 aromatic carbocycles. The van der Waals surface area contributed by atoms with Crippen LogP contribution in [0.4, 0.5) is 4.39 Å². The maximum atomic E-state index is 13.7. The molecule has 1 aromatic heterocycles. The summed E-state index contributed by atoms with van der Waals surface area (Å²) >= 11 is 0. The molecular weight excluding hydrogens is 503 g/mol. The van der Waals surface area contributed by atoms with Crippen molar-refractivity contribution >= 4 is 31.0 Å². The lowest BCUT2D eigenvalue weighted by Gasteiger charge is -2.24. The summed E-state index contributed by atoms with van der Waals surface area (Å²) in [6, 6.07) is 19.1. The molecule has 10 heteroatoms. The topological polar surface area (TPSA) is 93.6 Å². The van der Waals surface area contributed by atoms with Crippen LogP contribution in [0.1, 0.15) is 19.4 Å². The standard InChI is InChI=1S/C26H25FN2O5S2/c1-19(2)17-29(35(30,31)25-7-3-5-21-6-4-16-28-26(21)25)18-20-8-12-23(13-9-20)34-36(32,33)24-14-10-22(27)11-15-24/h3-16,19H,17-18H2,1-2H3. The highest BCUT2D eigenvalue weighted by Crippen LogP contribution is 2.27. The third-order valence-corrected chi connectivity index (χ3v) is 8.48. The highest BCUT2D eigenvalue weighted by atomic mass is 32.2. The SMILES string of the molecule is CC(C)CN(Cc1ccc(OS(=O)(=O)c2ccc(F)cc2)cc1)S(=O)(=O)c1cccc2cccnc12. The van der Waals surface area contributed by atoms with E-state index in [0.717, 1.165) is 29.7 Å². The number of para-hydroxylation sites is 1. The van der Waals surface area contributed by atoms with Crippen LogP contribution in [0.3, 0.4) is 0 Å². The Morgan fingerprint density at radius 1 is 0.889 bits per heavy atom. The van der Waals surface area contributed by atoms with Gasteiger partial charge in [0.2, 0.25) is 10.0 Å². The Hall–Kier alpha value is -3.34. The first kappa shape index (κ1) is 25.7. The average molecular weight is 529 g/mol. The van der Waals surface area contributed by atoms with Crippen LogP contribution in [0.15, 0.2) is 94.9 Å². The molecule has 0 aliphatic carbocycles. The fourth-order valence-corrected chi connectivity index (χ4v) is 6.40. The molecule has 36 heavy (non-hydrogen) atoms. The van der Waals surface area contributed by atoms with Gasteiger partial charge in [0, 0.05) is 24.7 Å². The minimum atomic E-state index is -4.14. The Morgan fingerprint density at radius 2 is 1.56 bits per heavy atom. The van der Waals surface area contributed by atoms with Crippen LogP contribution in [-0.4, -0.2) is 32.7 Å². The molecule has 4 aromatic rings. The molecule has 0 spiro atoms. The van der Waals surface area contributed by atoms with Gasteiger partial charge in [0.15, 0.2) is 0 Å². The normalized spacial score (nSPS) is 12.4. The molecule has 4 rings (SSSR count). The van der Waals surface area contributed by atoms with Gasteiger partial charge in [-0.3, -0.25) is 4.98 Å². The van der Waals surface area contributed by atoms with Crippen LogP contribution < -0.4 is 4.18 Å². The van der Waals surface area contributed by atoms with Gasteiger partial charge in [-0.15, -0.1) is 0 Å². The average Bonchev–Trinajstić information content (AvgIpc) is 2.84. The van der Waals surface area contributed by atoms with E-state index in [1.54, 1.807) is 36.5 Å². The van der Waals surface area contributed by atoms with Crippen molar-refractivity contribution in [3.05, 3.63) is 96.4 Å². The maximum Gasteiger partial charge on any atom is 0.339 e. The number of rotatable bonds is 9. The lowest BCUT2D eigenvalue weighted by Crippen LogP contribution is -2.34. The van der Waals surface area contributed by atoms with E-state index < -0.39 is 26.0 Å². The zero-order valence-corrected chi connectivity index (χ0v) is 21.3. The second-order valence-corrected chi connectivity index (χ2v) is 12.1. The first-order valence-corrected chi connectivity index (χ1v) is 14.0. The fourth-order valence-electron chi connectivity index (χ4n) is 3.71. The third-order valence-electron chi connectivity index (χ3n) is 5.37. The van der Waals surface area contributed by atoms with Gasteiger partial charge < -0.3 is 4.18 Å². The van der Waals surface area contributed by atoms with Gasteiger partial charge in [-0.1, -0.05) is 44.2 Å². The highest BCUT2D eigenvalue weighted by Gasteiger charge is 2.28. The van der Waals surface area contributed by atoms with Crippen LogP contribution in [0.2, 0.25) is 0 Å². The number of sulfonamides is 1. The first-order chi connectivity index (χ1) is 17.1. The van der Waals surface area contributed by atoms with Gasteiger partial charge in [-0.25, -0.2) is 12.8 Å². The summed E-state index contributed by atoms with van der Waals surface area (Å²) in [7, 11) is -8.03. The molecule has 0 unspecified atom stereocenters. The van der Waals surface area contributed by atoms with Crippen molar-refractivity contribution in [1.82, 2.24) is 9.29 Å². The predicted molar refractivity (Wildman–Crippen MR) is 135 cm³/mol. The van der Waals surface area contributed by atoms with Crippen LogP contribution in [0, 0.1) is 11.7 Å². The van der Waals surface area contributed by atoms with E-state index >= 15 is 0 Å². The van der Waals surface area contributed by atoms with Gasteiger partial charge in [0.1, 0.15) is 21.4 Å². The van der Waals surface area contributed by atoms with Gasteiger partial charge in [0.05, 0.1) is 5.52 Å². The van der Waals surface area contributed by atoms with Crippen molar-refractivity contribution in [3.8, 4) is 5.75 Å². The molecule has 0 N–H and O–H groups in total. The summed E-state index contributed by atoms with van der Waals surface area (Å²) in [5, 5.41) is 0.729. The number of fused-ring (bicyclic) bond motifs is 1. The van der Waals surface area contributed by atoms with E-state index in [2.05, 4.69) is 4.98 Å². The lowest BCUT2D eigenvalue weighted by atomic mass is 10.2. The smallest absolute Gasteiger partial charge is 0.339 e. The van der Waals surface area contributed by atoms with Gasteiger partial charge in [-0.05, 0) is 60.0 Å². The minimum absolute atomic E-state index is 0.0552. The van der Waals surface area contributed by atoms with Crippen LogP contribution in [-0.2, 0) is 26.7 Å². The number of benzene rings is 3. The summed E-state index contributed by atoms with van der Waals surface area (Å²) in [5.41, 5.74) is 1.06. The van der Waals surface area contributed by atoms with Gasteiger partial charge >= 0.3 is 10.1 Å². The van der Waals surface area contributed by atoms with E-state index in [4.69, 9.17) is 4.18 Å². The zero-order valence-electron chi connectivity index (χ0n) is 19.7. The number of hydrogen-bond acceptors (Lipinski definition) is 6. The molecule has 0 radical (unpaired) electrons. The van der Waals surface area contributed by atoms with Crippen molar-refractivity contribution < 1.29 is 25.4 Å². The molecule has 188 valence electrons. The van der Waals surface area contributed by atoms with Crippen molar-refractivity contribution in [2.24, 2.45) is 5.92 Å². The quantitative estimate of drug-likeness (QED) is 0.284. The minimum Gasteiger partial charge on any atom is -0.379 e. The molecule has 0 saturated heterocycles. The Kier molecular flexibility index (Phi) is 7.39.